The van der Waals surface area contributed by atoms with E-state index in [0.29, 0.717) is 11.4 Å². The number of likely N-dealkylation sites (N-methyl/N-ethyl adjacent to an activating group) is 1. The van der Waals surface area contributed by atoms with Crippen molar-refractivity contribution in [2.45, 2.75) is 13.0 Å². The van der Waals surface area contributed by atoms with Crippen molar-refractivity contribution in [1.29, 1.82) is 0 Å². The van der Waals surface area contributed by atoms with Gasteiger partial charge in [0.25, 0.3) is 5.91 Å². The molecule has 5 rings (SSSR count). The highest BCUT2D eigenvalue weighted by molar-refractivity contribution is 6.04. The standard InChI is InChI=1S/C23H22N6O/c1-28-8-7-15-3-4-16(9-18(15)13-28)23(30)27-22-10-21-17(11-24-22)5-6-20(26-21)19-12-25-29(2)14-19/h3-6,9-12,14H,7-8,13H2,1-2H3,(H,24,27,30). The van der Waals surface area contributed by atoms with Gasteiger partial charge >= 0.3 is 0 Å². The molecule has 0 atom stereocenters. The van der Waals surface area contributed by atoms with E-state index in [-0.39, 0.29) is 5.91 Å². The fraction of sp³-hybridized carbons (Fsp3) is 0.217. The number of rotatable bonds is 3. The Bertz CT molecular complexity index is 1260. The maximum absolute atomic E-state index is 12.8. The van der Waals surface area contributed by atoms with E-state index in [4.69, 9.17) is 4.98 Å². The van der Waals surface area contributed by atoms with Gasteiger partial charge in [0.2, 0.25) is 0 Å². The number of nitrogens with one attached hydrogen (secondary N) is 1. The maximum Gasteiger partial charge on any atom is 0.256 e. The number of fused-ring (bicyclic) bond motifs is 2. The van der Waals surface area contributed by atoms with Gasteiger partial charge in [-0.15, -0.1) is 0 Å². The fourth-order valence-electron chi connectivity index (χ4n) is 3.83. The molecule has 0 saturated carbocycles. The maximum atomic E-state index is 12.8. The van der Waals surface area contributed by atoms with Gasteiger partial charge in [-0.25, -0.2) is 9.97 Å². The first-order chi connectivity index (χ1) is 14.5. The number of aromatic nitrogens is 4. The molecule has 1 amide bonds. The number of anilines is 1. The van der Waals surface area contributed by atoms with E-state index in [0.717, 1.165) is 41.7 Å². The van der Waals surface area contributed by atoms with Crippen LogP contribution in [0.2, 0.25) is 0 Å². The number of carbonyl (C=O) groups excluding carboxylic acids is 1. The van der Waals surface area contributed by atoms with E-state index in [1.165, 1.54) is 11.1 Å². The molecule has 4 heterocycles. The van der Waals surface area contributed by atoms with Gasteiger partial charge in [0.15, 0.2) is 0 Å². The van der Waals surface area contributed by atoms with Crippen molar-refractivity contribution in [3.8, 4) is 11.3 Å². The van der Waals surface area contributed by atoms with Crippen LogP contribution in [-0.4, -0.2) is 44.1 Å². The molecule has 30 heavy (non-hydrogen) atoms. The molecule has 0 spiro atoms. The fourth-order valence-corrected chi connectivity index (χ4v) is 3.83. The smallest absolute Gasteiger partial charge is 0.256 e. The Labute approximate surface area is 174 Å². The summed E-state index contributed by atoms with van der Waals surface area (Å²) in [6.07, 6.45) is 6.45. The van der Waals surface area contributed by atoms with Crippen LogP contribution in [0.3, 0.4) is 0 Å². The summed E-state index contributed by atoms with van der Waals surface area (Å²) in [5.74, 6) is 0.319. The Morgan fingerprint density at radius 3 is 2.80 bits per heavy atom. The highest BCUT2D eigenvalue weighted by Crippen LogP contribution is 2.23. The second-order valence-electron chi connectivity index (χ2n) is 7.79. The van der Waals surface area contributed by atoms with Gasteiger partial charge in [-0.1, -0.05) is 6.07 Å². The molecule has 0 radical (unpaired) electrons. The Hall–Kier alpha value is -3.58. The van der Waals surface area contributed by atoms with E-state index in [9.17, 15) is 4.79 Å². The molecule has 3 aromatic heterocycles. The van der Waals surface area contributed by atoms with Crippen molar-refractivity contribution < 1.29 is 4.79 Å². The average Bonchev–Trinajstić information content (AvgIpc) is 3.19. The Kier molecular flexibility index (Phi) is 4.52. The third-order valence-electron chi connectivity index (χ3n) is 5.49. The molecule has 150 valence electrons. The van der Waals surface area contributed by atoms with E-state index in [1.54, 1.807) is 23.1 Å². The molecule has 7 heteroatoms. The molecule has 1 aliphatic heterocycles. The van der Waals surface area contributed by atoms with Gasteiger partial charge in [0.1, 0.15) is 5.82 Å². The van der Waals surface area contributed by atoms with Crippen molar-refractivity contribution >= 4 is 22.6 Å². The Morgan fingerprint density at radius 1 is 1.07 bits per heavy atom. The minimum absolute atomic E-state index is 0.165. The lowest BCUT2D eigenvalue weighted by Gasteiger charge is -2.25. The summed E-state index contributed by atoms with van der Waals surface area (Å²) in [6, 6.07) is 11.7. The summed E-state index contributed by atoms with van der Waals surface area (Å²) in [4.78, 5) is 24.2. The molecule has 1 aliphatic rings. The summed E-state index contributed by atoms with van der Waals surface area (Å²) < 4.78 is 1.75. The lowest BCUT2D eigenvalue weighted by Crippen LogP contribution is -2.27. The van der Waals surface area contributed by atoms with Crippen LogP contribution < -0.4 is 5.32 Å². The number of aryl methyl sites for hydroxylation is 1. The van der Waals surface area contributed by atoms with Crippen LogP contribution in [0.25, 0.3) is 22.2 Å². The highest BCUT2D eigenvalue weighted by Gasteiger charge is 2.16. The van der Waals surface area contributed by atoms with Gasteiger partial charge in [-0.05, 0) is 48.9 Å². The van der Waals surface area contributed by atoms with Gasteiger partial charge in [-0.2, -0.15) is 5.10 Å². The van der Waals surface area contributed by atoms with Crippen LogP contribution in [-0.2, 0) is 20.0 Å². The SMILES string of the molecule is CN1CCc2ccc(C(=O)Nc3cc4nc(-c5cnn(C)c5)ccc4cn3)cc2C1. The summed E-state index contributed by atoms with van der Waals surface area (Å²) in [6.45, 7) is 1.92. The summed E-state index contributed by atoms with van der Waals surface area (Å²) in [5, 5.41) is 8.03. The zero-order chi connectivity index (χ0) is 20.7. The Morgan fingerprint density at radius 2 is 1.97 bits per heavy atom. The van der Waals surface area contributed by atoms with E-state index in [1.807, 2.05) is 37.5 Å². The Balaban J connectivity index is 1.41. The van der Waals surface area contributed by atoms with Gasteiger partial charge in [0.05, 0.1) is 17.4 Å². The van der Waals surface area contributed by atoms with Gasteiger partial charge in [-0.3, -0.25) is 9.48 Å². The number of pyridine rings is 2. The molecule has 4 aromatic rings. The second-order valence-corrected chi connectivity index (χ2v) is 7.79. The van der Waals surface area contributed by atoms with Crippen LogP contribution in [0.15, 0.2) is 55.0 Å². The molecule has 1 aromatic carbocycles. The summed E-state index contributed by atoms with van der Waals surface area (Å²) in [5.41, 5.74) is 5.72. The van der Waals surface area contributed by atoms with Crippen LogP contribution >= 0.6 is 0 Å². The van der Waals surface area contributed by atoms with Crippen molar-refractivity contribution in [1.82, 2.24) is 24.6 Å². The van der Waals surface area contributed by atoms with Crippen molar-refractivity contribution in [3.63, 3.8) is 0 Å². The molecule has 0 saturated heterocycles. The molecular formula is C23H22N6O. The largest absolute Gasteiger partial charge is 0.307 e. The number of nitrogens with zero attached hydrogens (tertiary/aromatic N) is 5. The predicted molar refractivity (Wildman–Crippen MR) is 116 cm³/mol. The van der Waals surface area contributed by atoms with Crippen LogP contribution in [0, 0.1) is 0 Å². The molecule has 0 unspecified atom stereocenters. The van der Waals surface area contributed by atoms with E-state index in [2.05, 4.69) is 33.4 Å². The zero-order valence-electron chi connectivity index (χ0n) is 17.0. The molecule has 0 aliphatic carbocycles. The normalized spacial score (nSPS) is 13.9. The first-order valence-corrected chi connectivity index (χ1v) is 9.93. The lowest BCUT2D eigenvalue weighted by atomic mass is 9.97. The lowest BCUT2D eigenvalue weighted by molar-refractivity contribution is 0.102. The predicted octanol–water partition coefficient (Wildman–Crippen LogP) is 3.27. The van der Waals surface area contributed by atoms with Crippen LogP contribution in [0.1, 0.15) is 21.5 Å². The minimum atomic E-state index is -0.165. The number of amides is 1. The van der Waals surface area contributed by atoms with Crippen molar-refractivity contribution in [3.05, 3.63) is 71.7 Å². The second kappa shape index (κ2) is 7.35. The highest BCUT2D eigenvalue weighted by atomic mass is 16.1. The van der Waals surface area contributed by atoms with E-state index < -0.39 is 0 Å². The quantitative estimate of drug-likeness (QED) is 0.573. The molecule has 0 bridgehead atoms. The number of carbonyl (C=O) groups is 1. The molecule has 1 N–H and O–H groups in total. The number of hydrogen-bond acceptors (Lipinski definition) is 5. The third kappa shape index (κ3) is 3.55. The van der Waals surface area contributed by atoms with Crippen molar-refractivity contribution in [2.75, 3.05) is 18.9 Å². The first kappa shape index (κ1) is 18.4. The summed E-state index contributed by atoms with van der Waals surface area (Å²) >= 11 is 0. The van der Waals surface area contributed by atoms with Crippen LogP contribution in [0.4, 0.5) is 5.82 Å². The van der Waals surface area contributed by atoms with Crippen molar-refractivity contribution in [2.24, 2.45) is 7.05 Å². The summed E-state index contributed by atoms with van der Waals surface area (Å²) in [7, 11) is 3.97. The average molecular weight is 398 g/mol. The number of hydrogen-bond donors (Lipinski definition) is 1. The number of benzene rings is 1. The molecule has 7 nitrogen and oxygen atoms in total. The van der Waals surface area contributed by atoms with E-state index >= 15 is 0 Å². The zero-order valence-corrected chi connectivity index (χ0v) is 17.0. The molecular weight excluding hydrogens is 376 g/mol. The monoisotopic (exact) mass is 398 g/mol. The van der Waals surface area contributed by atoms with Gasteiger partial charge < -0.3 is 10.2 Å². The topological polar surface area (TPSA) is 75.9 Å². The van der Waals surface area contributed by atoms with Crippen LogP contribution in [0.5, 0.6) is 0 Å². The van der Waals surface area contributed by atoms with Gasteiger partial charge in [0, 0.05) is 55.1 Å². The first-order valence-electron chi connectivity index (χ1n) is 9.93. The minimum Gasteiger partial charge on any atom is -0.307 e. The third-order valence-corrected chi connectivity index (χ3v) is 5.49. The molecule has 0 fully saturated rings.